The molecule has 0 spiro atoms. The van der Waals surface area contributed by atoms with Gasteiger partial charge in [0, 0.05) is 17.0 Å². The van der Waals surface area contributed by atoms with E-state index in [2.05, 4.69) is 28.2 Å². The normalized spacial score (nSPS) is 14.8. The Morgan fingerprint density at radius 2 is 2.31 bits per heavy atom. The number of methoxy groups -OCH3 is 1. The summed E-state index contributed by atoms with van der Waals surface area (Å²) in [6, 6.07) is 2.05. The standard InChI is InChI=1S/C11H18BrNO2S/c1-4-11(2,7-14)13-6-8-5-9(12)10(15-3)16-8/h5,13-14H,4,6-7H2,1-3H3. The molecular formula is C11H18BrNO2S. The van der Waals surface area contributed by atoms with Crippen LogP contribution in [0.1, 0.15) is 25.1 Å². The fourth-order valence-corrected chi connectivity index (χ4v) is 2.85. The highest BCUT2D eigenvalue weighted by atomic mass is 79.9. The molecule has 0 bridgehead atoms. The molecule has 5 heteroatoms. The van der Waals surface area contributed by atoms with E-state index in [1.54, 1.807) is 18.4 Å². The lowest BCUT2D eigenvalue weighted by molar-refractivity contribution is 0.169. The molecule has 0 aromatic carbocycles. The van der Waals surface area contributed by atoms with Crippen molar-refractivity contribution in [3.05, 3.63) is 15.4 Å². The summed E-state index contributed by atoms with van der Waals surface area (Å²) in [4.78, 5) is 1.19. The molecule has 0 aliphatic heterocycles. The molecule has 0 saturated carbocycles. The van der Waals surface area contributed by atoms with Gasteiger partial charge in [-0.15, -0.1) is 11.3 Å². The van der Waals surface area contributed by atoms with Crippen molar-refractivity contribution < 1.29 is 9.84 Å². The Kier molecular flexibility index (Phi) is 5.24. The van der Waals surface area contributed by atoms with Gasteiger partial charge in [-0.3, -0.25) is 0 Å². The zero-order chi connectivity index (χ0) is 12.2. The topological polar surface area (TPSA) is 41.5 Å². The summed E-state index contributed by atoms with van der Waals surface area (Å²) in [6.45, 7) is 4.98. The largest absolute Gasteiger partial charge is 0.486 e. The lowest BCUT2D eigenvalue weighted by Gasteiger charge is -2.26. The first-order valence-electron chi connectivity index (χ1n) is 5.22. The van der Waals surface area contributed by atoms with Gasteiger partial charge in [0.2, 0.25) is 0 Å². The van der Waals surface area contributed by atoms with Crippen LogP contribution in [0.25, 0.3) is 0 Å². The molecule has 2 N–H and O–H groups in total. The van der Waals surface area contributed by atoms with Crippen LogP contribution in [0, 0.1) is 0 Å². The number of thiophene rings is 1. The summed E-state index contributed by atoms with van der Waals surface area (Å²) in [5.74, 6) is 0. The van der Waals surface area contributed by atoms with E-state index in [0.717, 1.165) is 22.5 Å². The molecule has 1 heterocycles. The van der Waals surface area contributed by atoms with Crippen LogP contribution in [0.2, 0.25) is 0 Å². The first-order chi connectivity index (χ1) is 7.54. The third-order valence-electron chi connectivity index (χ3n) is 2.71. The van der Waals surface area contributed by atoms with Gasteiger partial charge in [0.15, 0.2) is 5.06 Å². The number of nitrogens with one attached hydrogen (secondary N) is 1. The first kappa shape index (κ1) is 14.0. The molecule has 1 atom stereocenters. The van der Waals surface area contributed by atoms with Crippen molar-refractivity contribution >= 4 is 27.3 Å². The van der Waals surface area contributed by atoms with Crippen molar-refractivity contribution in [2.75, 3.05) is 13.7 Å². The third kappa shape index (κ3) is 3.45. The minimum absolute atomic E-state index is 0.146. The van der Waals surface area contributed by atoms with Crippen LogP contribution in [-0.2, 0) is 6.54 Å². The van der Waals surface area contributed by atoms with Gasteiger partial charge in [0.25, 0.3) is 0 Å². The average Bonchev–Trinajstić information content (AvgIpc) is 2.67. The number of ether oxygens (including phenoxy) is 1. The zero-order valence-electron chi connectivity index (χ0n) is 9.84. The van der Waals surface area contributed by atoms with Crippen LogP contribution in [0.3, 0.4) is 0 Å². The minimum Gasteiger partial charge on any atom is -0.486 e. The van der Waals surface area contributed by atoms with E-state index < -0.39 is 0 Å². The maximum Gasteiger partial charge on any atom is 0.188 e. The third-order valence-corrected chi connectivity index (χ3v) is 4.66. The molecule has 1 aromatic rings. The minimum atomic E-state index is -0.205. The summed E-state index contributed by atoms with van der Waals surface area (Å²) in [5, 5.41) is 13.5. The summed E-state index contributed by atoms with van der Waals surface area (Å²) in [7, 11) is 1.66. The Hall–Kier alpha value is -0.100. The van der Waals surface area contributed by atoms with Crippen LogP contribution >= 0.6 is 27.3 Å². The van der Waals surface area contributed by atoms with Crippen LogP contribution < -0.4 is 10.1 Å². The molecule has 16 heavy (non-hydrogen) atoms. The van der Waals surface area contributed by atoms with Gasteiger partial charge in [-0.1, -0.05) is 6.92 Å². The quantitative estimate of drug-likeness (QED) is 0.849. The second-order valence-electron chi connectivity index (χ2n) is 3.98. The Bertz CT molecular complexity index is 337. The maximum atomic E-state index is 9.28. The van der Waals surface area contributed by atoms with E-state index in [4.69, 9.17) is 4.74 Å². The van der Waals surface area contributed by atoms with Crippen LogP contribution in [0.15, 0.2) is 10.5 Å². The predicted octanol–water partition coefficient (Wildman–Crippen LogP) is 2.77. The molecule has 92 valence electrons. The van der Waals surface area contributed by atoms with Gasteiger partial charge in [-0.2, -0.15) is 0 Å². The van der Waals surface area contributed by atoms with Gasteiger partial charge >= 0.3 is 0 Å². The van der Waals surface area contributed by atoms with Gasteiger partial charge in [0.05, 0.1) is 18.2 Å². The van der Waals surface area contributed by atoms with Crippen molar-refractivity contribution in [1.82, 2.24) is 5.32 Å². The highest BCUT2D eigenvalue weighted by Crippen LogP contribution is 2.34. The van der Waals surface area contributed by atoms with Crippen molar-refractivity contribution in [1.29, 1.82) is 0 Å². The van der Waals surface area contributed by atoms with Crippen molar-refractivity contribution in [3.8, 4) is 5.06 Å². The second kappa shape index (κ2) is 6.00. The number of halogens is 1. The number of aliphatic hydroxyl groups is 1. The fraction of sp³-hybridized carbons (Fsp3) is 0.636. The molecule has 1 rings (SSSR count). The van der Waals surface area contributed by atoms with Gasteiger partial charge in [-0.25, -0.2) is 0 Å². The van der Waals surface area contributed by atoms with Crippen molar-refractivity contribution in [2.24, 2.45) is 0 Å². The zero-order valence-corrected chi connectivity index (χ0v) is 12.2. The summed E-state index contributed by atoms with van der Waals surface area (Å²) in [5.41, 5.74) is -0.205. The molecule has 0 aliphatic rings. The Balaban J connectivity index is 2.60. The smallest absolute Gasteiger partial charge is 0.188 e. The highest BCUT2D eigenvalue weighted by molar-refractivity contribution is 9.10. The summed E-state index contributed by atoms with van der Waals surface area (Å²) >= 11 is 5.05. The Morgan fingerprint density at radius 3 is 2.75 bits per heavy atom. The van der Waals surface area contributed by atoms with E-state index >= 15 is 0 Å². The Labute approximate surface area is 109 Å². The molecule has 1 unspecified atom stereocenters. The molecule has 0 aliphatic carbocycles. The lowest BCUT2D eigenvalue weighted by Crippen LogP contribution is -2.44. The maximum absolute atomic E-state index is 9.28. The average molecular weight is 308 g/mol. The monoisotopic (exact) mass is 307 g/mol. The molecule has 1 aromatic heterocycles. The second-order valence-corrected chi connectivity index (χ2v) is 5.93. The van der Waals surface area contributed by atoms with E-state index in [0.29, 0.717) is 0 Å². The van der Waals surface area contributed by atoms with Crippen molar-refractivity contribution in [3.63, 3.8) is 0 Å². The number of rotatable bonds is 6. The Morgan fingerprint density at radius 1 is 1.62 bits per heavy atom. The van der Waals surface area contributed by atoms with Crippen molar-refractivity contribution in [2.45, 2.75) is 32.4 Å². The molecular weight excluding hydrogens is 290 g/mol. The molecule has 0 saturated heterocycles. The van der Waals surface area contributed by atoms with E-state index in [-0.39, 0.29) is 12.1 Å². The molecule has 0 fully saturated rings. The molecule has 3 nitrogen and oxygen atoms in total. The van der Waals surface area contributed by atoms with E-state index in [1.165, 1.54) is 4.88 Å². The first-order valence-corrected chi connectivity index (χ1v) is 6.83. The summed E-state index contributed by atoms with van der Waals surface area (Å²) < 4.78 is 6.19. The van der Waals surface area contributed by atoms with Crippen LogP contribution in [0.4, 0.5) is 0 Å². The summed E-state index contributed by atoms with van der Waals surface area (Å²) in [6.07, 6.45) is 0.896. The molecule has 0 radical (unpaired) electrons. The van der Waals surface area contributed by atoms with E-state index in [9.17, 15) is 5.11 Å². The SMILES string of the molecule is CCC(C)(CO)NCc1cc(Br)c(OC)s1. The lowest BCUT2D eigenvalue weighted by atomic mass is 10.0. The van der Waals surface area contributed by atoms with E-state index in [1.807, 2.05) is 13.0 Å². The van der Waals surface area contributed by atoms with Gasteiger partial charge in [-0.05, 0) is 35.3 Å². The van der Waals surface area contributed by atoms with Gasteiger partial charge in [0.1, 0.15) is 0 Å². The number of hydrogen-bond donors (Lipinski definition) is 2. The number of hydrogen-bond acceptors (Lipinski definition) is 4. The highest BCUT2D eigenvalue weighted by Gasteiger charge is 2.20. The van der Waals surface area contributed by atoms with Crippen LogP contribution in [-0.4, -0.2) is 24.4 Å². The van der Waals surface area contributed by atoms with Gasteiger partial charge < -0.3 is 15.2 Å². The van der Waals surface area contributed by atoms with Crippen LogP contribution in [0.5, 0.6) is 5.06 Å². The predicted molar refractivity (Wildman–Crippen MR) is 71.2 cm³/mol. The molecule has 0 amide bonds. The number of aliphatic hydroxyl groups excluding tert-OH is 1. The fourth-order valence-electron chi connectivity index (χ4n) is 1.22.